The molecular weight excluding hydrogens is 260 g/mol. The number of nitrogens with zero attached hydrogens (tertiary/aromatic N) is 1. The summed E-state index contributed by atoms with van der Waals surface area (Å²) in [6, 6.07) is 7.28. The van der Waals surface area contributed by atoms with Crippen LogP contribution in [0.4, 0.5) is 5.82 Å². The first-order valence-corrected chi connectivity index (χ1v) is 6.36. The van der Waals surface area contributed by atoms with Crippen LogP contribution in [0.25, 0.3) is 0 Å². The molecule has 1 N–H and O–H groups in total. The van der Waals surface area contributed by atoms with Crippen LogP contribution < -0.4 is 5.32 Å². The van der Waals surface area contributed by atoms with Gasteiger partial charge in [0.25, 0.3) is 5.91 Å². The molecule has 0 radical (unpaired) electrons. The van der Waals surface area contributed by atoms with E-state index >= 15 is 0 Å². The van der Waals surface area contributed by atoms with Crippen LogP contribution >= 0.6 is 11.6 Å². The normalized spacial score (nSPS) is 10.3. The number of hydrogen-bond acceptors (Lipinski definition) is 2. The molecular formula is C15H15ClN2O. The van der Waals surface area contributed by atoms with E-state index in [0.717, 1.165) is 16.7 Å². The Kier molecular flexibility index (Phi) is 3.86. The summed E-state index contributed by atoms with van der Waals surface area (Å²) in [5, 5.41) is 3.31. The molecule has 0 aliphatic heterocycles. The zero-order valence-corrected chi connectivity index (χ0v) is 11.9. The maximum Gasteiger partial charge on any atom is 0.257 e. The van der Waals surface area contributed by atoms with Gasteiger partial charge in [-0.25, -0.2) is 4.98 Å². The largest absolute Gasteiger partial charge is 0.307 e. The molecule has 0 atom stereocenters. The Hall–Kier alpha value is -1.87. The number of carbonyl (C=O) groups excluding carboxylic acids is 1. The second-order valence-electron chi connectivity index (χ2n) is 4.59. The van der Waals surface area contributed by atoms with Gasteiger partial charge in [0.1, 0.15) is 5.82 Å². The molecule has 1 amide bonds. The number of carbonyl (C=O) groups is 1. The van der Waals surface area contributed by atoms with Crippen LogP contribution in [-0.4, -0.2) is 10.9 Å². The lowest BCUT2D eigenvalue weighted by Gasteiger charge is -2.11. The van der Waals surface area contributed by atoms with Crippen molar-refractivity contribution in [3.63, 3.8) is 0 Å². The Morgan fingerprint density at radius 2 is 1.79 bits per heavy atom. The molecule has 0 saturated heterocycles. The summed E-state index contributed by atoms with van der Waals surface area (Å²) < 4.78 is 0. The average Bonchev–Trinajstić information content (AvgIpc) is 2.27. The molecule has 0 saturated carbocycles. The zero-order valence-electron chi connectivity index (χ0n) is 11.1. The topological polar surface area (TPSA) is 42.0 Å². The van der Waals surface area contributed by atoms with E-state index < -0.39 is 0 Å². The van der Waals surface area contributed by atoms with Crippen LogP contribution in [-0.2, 0) is 0 Å². The van der Waals surface area contributed by atoms with Gasteiger partial charge in [-0.15, -0.1) is 0 Å². The number of anilines is 1. The van der Waals surface area contributed by atoms with Crippen LogP contribution in [0, 0.1) is 20.8 Å². The van der Waals surface area contributed by atoms with Gasteiger partial charge in [-0.3, -0.25) is 4.79 Å². The van der Waals surface area contributed by atoms with Gasteiger partial charge < -0.3 is 5.32 Å². The molecule has 98 valence electrons. The van der Waals surface area contributed by atoms with E-state index in [2.05, 4.69) is 10.3 Å². The van der Waals surface area contributed by atoms with Gasteiger partial charge in [0.2, 0.25) is 0 Å². The molecule has 0 spiro atoms. The summed E-state index contributed by atoms with van der Waals surface area (Å²) in [5.41, 5.74) is 3.74. The third kappa shape index (κ3) is 3.12. The van der Waals surface area contributed by atoms with Crippen LogP contribution in [0.5, 0.6) is 0 Å². The van der Waals surface area contributed by atoms with E-state index in [-0.39, 0.29) is 5.91 Å². The fourth-order valence-electron chi connectivity index (χ4n) is 2.19. The van der Waals surface area contributed by atoms with Crippen LogP contribution in [0.3, 0.4) is 0 Å². The fourth-order valence-corrected chi connectivity index (χ4v) is 2.35. The van der Waals surface area contributed by atoms with Crippen molar-refractivity contribution in [2.75, 3.05) is 5.32 Å². The number of pyridine rings is 1. The molecule has 1 heterocycles. The Bertz CT molecular complexity index is 615. The molecule has 2 aromatic rings. The average molecular weight is 275 g/mol. The third-order valence-electron chi connectivity index (χ3n) is 2.87. The second kappa shape index (κ2) is 5.41. The molecule has 4 heteroatoms. The number of aryl methyl sites for hydroxylation is 3. The van der Waals surface area contributed by atoms with Gasteiger partial charge in [-0.1, -0.05) is 29.3 Å². The van der Waals surface area contributed by atoms with Gasteiger partial charge in [0.15, 0.2) is 0 Å². The van der Waals surface area contributed by atoms with Crippen LogP contribution in [0.2, 0.25) is 5.02 Å². The molecule has 0 unspecified atom stereocenters. The molecule has 0 aliphatic carbocycles. The predicted octanol–water partition coefficient (Wildman–Crippen LogP) is 3.91. The quantitative estimate of drug-likeness (QED) is 0.902. The number of rotatable bonds is 2. The van der Waals surface area contributed by atoms with Gasteiger partial charge >= 0.3 is 0 Å². The van der Waals surface area contributed by atoms with Crippen molar-refractivity contribution in [1.29, 1.82) is 0 Å². The Morgan fingerprint density at radius 3 is 2.37 bits per heavy atom. The predicted molar refractivity (Wildman–Crippen MR) is 77.9 cm³/mol. The van der Waals surface area contributed by atoms with E-state index in [1.807, 2.05) is 32.9 Å². The van der Waals surface area contributed by atoms with Gasteiger partial charge in [-0.05, 0) is 44.0 Å². The lowest BCUT2D eigenvalue weighted by Crippen LogP contribution is -2.16. The van der Waals surface area contributed by atoms with Crippen molar-refractivity contribution in [2.45, 2.75) is 20.8 Å². The summed E-state index contributed by atoms with van der Waals surface area (Å²) in [6.45, 7) is 5.88. The smallest absolute Gasteiger partial charge is 0.257 e. The van der Waals surface area contributed by atoms with Crippen LogP contribution in [0.1, 0.15) is 27.0 Å². The molecule has 19 heavy (non-hydrogen) atoms. The van der Waals surface area contributed by atoms with Crippen LogP contribution in [0.15, 0.2) is 30.5 Å². The highest BCUT2D eigenvalue weighted by Crippen LogP contribution is 2.18. The van der Waals surface area contributed by atoms with Crippen molar-refractivity contribution in [1.82, 2.24) is 4.98 Å². The minimum Gasteiger partial charge on any atom is -0.307 e. The SMILES string of the molecule is Cc1cc(C)c(C(=O)Nc2cc(Cl)ccn2)c(C)c1. The highest BCUT2D eigenvalue weighted by molar-refractivity contribution is 6.30. The first-order chi connectivity index (χ1) is 8.97. The second-order valence-corrected chi connectivity index (χ2v) is 5.02. The molecule has 0 fully saturated rings. The lowest BCUT2D eigenvalue weighted by molar-refractivity contribution is 0.102. The van der Waals surface area contributed by atoms with Gasteiger partial charge in [0, 0.05) is 16.8 Å². The van der Waals surface area contributed by atoms with E-state index in [1.54, 1.807) is 18.3 Å². The lowest BCUT2D eigenvalue weighted by atomic mass is 9.99. The Labute approximate surface area is 117 Å². The maximum atomic E-state index is 12.3. The molecule has 1 aromatic heterocycles. The summed E-state index contributed by atoms with van der Waals surface area (Å²) in [7, 11) is 0. The molecule has 0 aliphatic rings. The summed E-state index contributed by atoms with van der Waals surface area (Å²) >= 11 is 5.87. The van der Waals surface area contributed by atoms with Crippen molar-refractivity contribution >= 4 is 23.3 Å². The minimum absolute atomic E-state index is 0.162. The van der Waals surface area contributed by atoms with Crippen molar-refractivity contribution in [2.24, 2.45) is 0 Å². The van der Waals surface area contributed by atoms with Gasteiger partial charge in [0.05, 0.1) is 0 Å². The number of amides is 1. The van der Waals surface area contributed by atoms with E-state index in [1.165, 1.54) is 0 Å². The Morgan fingerprint density at radius 1 is 1.16 bits per heavy atom. The van der Waals surface area contributed by atoms with Gasteiger partial charge in [-0.2, -0.15) is 0 Å². The van der Waals surface area contributed by atoms with Crippen molar-refractivity contribution in [3.8, 4) is 0 Å². The zero-order chi connectivity index (χ0) is 14.0. The summed E-state index contributed by atoms with van der Waals surface area (Å²) in [5.74, 6) is 0.293. The number of benzene rings is 1. The highest BCUT2D eigenvalue weighted by atomic mass is 35.5. The number of halogens is 1. The minimum atomic E-state index is -0.162. The maximum absolute atomic E-state index is 12.3. The van der Waals surface area contributed by atoms with E-state index in [9.17, 15) is 4.79 Å². The highest BCUT2D eigenvalue weighted by Gasteiger charge is 2.13. The number of hydrogen-bond donors (Lipinski definition) is 1. The summed E-state index contributed by atoms with van der Waals surface area (Å²) in [4.78, 5) is 16.3. The third-order valence-corrected chi connectivity index (χ3v) is 3.10. The monoisotopic (exact) mass is 274 g/mol. The van der Waals surface area contributed by atoms with Crippen molar-refractivity contribution < 1.29 is 4.79 Å². The fraction of sp³-hybridized carbons (Fsp3) is 0.200. The molecule has 1 aromatic carbocycles. The summed E-state index contributed by atoms with van der Waals surface area (Å²) in [6.07, 6.45) is 1.56. The number of aromatic nitrogens is 1. The standard InChI is InChI=1S/C15H15ClN2O/c1-9-6-10(2)14(11(3)7-9)15(19)18-13-8-12(16)4-5-17-13/h4-8H,1-3H3,(H,17,18,19). The number of nitrogens with one attached hydrogen (secondary N) is 1. The van der Waals surface area contributed by atoms with E-state index in [0.29, 0.717) is 16.4 Å². The van der Waals surface area contributed by atoms with Crippen molar-refractivity contribution in [3.05, 3.63) is 57.7 Å². The van der Waals surface area contributed by atoms with E-state index in [4.69, 9.17) is 11.6 Å². The first kappa shape index (κ1) is 13.6. The first-order valence-electron chi connectivity index (χ1n) is 5.98. The molecule has 2 rings (SSSR count). The molecule has 0 bridgehead atoms. The Balaban J connectivity index is 2.31. The molecule has 3 nitrogen and oxygen atoms in total.